The van der Waals surface area contributed by atoms with E-state index in [0.29, 0.717) is 0 Å². The Morgan fingerprint density at radius 3 is 1.76 bits per heavy atom. The second-order valence-electron chi connectivity index (χ2n) is 7.18. The minimum atomic E-state index is -1.56. The summed E-state index contributed by atoms with van der Waals surface area (Å²) in [5.74, 6) is -5.42. The fourth-order valence-corrected chi connectivity index (χ4v) is 2.24. The molecule has 0 saturated carbocycles. The SMILES string of the molecule is CC(C)CC(NC(=O)C(CC(=O)O)NC(=O)C(C)NC(=O)C(N)C(C)O)C(=O)O. The number of nitrogens with two attached hydrogens (primary N) is 1. The Morgan fingerprint density at radius 1 is 0.828 bits per heavy atom. The third-order valence-electron chi connectivity index (χ3n) is 3.91. The Balaban J connectivity index is 5.15. The fraction of sp³-hybridized carbons (Fsp3) is 0.706. The highest BCUT2D eigenvalue weighted by Crippen LogP contribution is 2.06. The number of aliphatic hydroxyl groups is 1. The molecule has 5 atom stereocenters. The monoisotopic (exact) mass is 418 g/mol. The molecule has 0 aromatic rings. The lowest BCUT2D eigenvalue weighted by atomic mass is 10.0. The van der Waals surface area contributed by atoms with Crippen molar-refractivity contribution >= 4 is 29.7 Å². The van der Waals surface area contributed by atoms with Crippen LogP contribution in [-0.2, 0) is 24.0 Å². The van der Waals surface area contributed by atoms with Gasteiger partial charge in [-0.05, 0) is 26.2 Å². The summed E-state index contributed by atoms with van der Waals surface area (Å²) in [6, 6.07) is -5.28. The Kier molecular flexibility index (Phi) is 10.8. The maximum atomic E-state index is 12.4. The van der Waals surface area contributed by atoms with Gasteiger partial charge in [-0.2, -0.15) is 0 Å². The highest BCUT2D eigenvalue weighted by atomic mass is 16.4. The van der Waals surface area contributed by atoms with E-state index < -0.39 is 66.4 Å². The largest absolute Gasteiger partial charge is 0.481 e. The van der Waals surface area contributed by atoms with Crippen LogP contribution < -0.4 is 21.7 Å². The van der Waals surface area contributed by atoms with Crippen molar-refractivity contribution < 1.29 is 39.3 Å². The number of hydrogen-bond acceptors (Lipinski definition) is 7. The average molecular weight is 418 g/mol. The number of aliphatic hydroxyl groups excluding tert-OH is 1. The highest BCUT2D eigenvalue weighted by molar-refractivity contribution is 5.95. The molecule has 0 aliphatic rings. The van der Waals surface area contributed by atoms with Crippen LogP contribution in [0.5, 0.6) is 0 Å². The van der Waals surface area contributed by atoms with E-state index >= 15 is 0 Å². The first kappa shape index (κ1) is 26.3. The molecular formula is C17H30N4O8. The molecule has 0 fully saturated rings. The molecule has 29 heavy (non-hydrogen) atoms. The van der Waals surface area contributed by atoms with E-state index in [1.165, 1.54) is 13.8 Å². The van der Waals surface area contributed by atoms with Crippen molar-refractivity contribution in [1.29, 1.82) is 0 Å². The maximum Gasteiger partial charge on any atom is 0.326 e. The van der Waals surface area contributed by atoms with Crippen LogP contribution in [0.4, 0.5) is 0 Å². The summed E-state index contributed by atoms with van der Waals surface area (Å²) in [6.45, 7) is 6.07. The van der Waals surface area contributed by atoms with Crippen LogP contribution >= 0.6 is 0 Å². The molecule has 0 spiro atoms. The van der Waals surface area contributed by atoms with Gasteiger partial charge in [0, 0.05) is 0 Å². The predicted octanol–water partition coefficient (Wildman–Crippen LogP) is -2.23. The zero-order valence-corrected chi connectivity index (χ0v) is 16.8. The standard InChI is InChI=1S/C17H30N4O8/c1-7(2)5-11(17(28)29)21-15(26)10(6-12(23)24)20-14(25)8(3)19-16(27)13(18)9(4)22/h7-11,13,22H,5-6,18H2,1-4H3,(H,19,27)(H,20,25)(H,21,26)(H,23,24)(H,28,29). The maximum absolute atomic E-state index is 12.4. The minimum Gasteiger partial charge on any atom is -0.481 e. The Bertz CT molecular complexity index is 623. The molecule has 0 aromatic heterocycles. The highest BCUT2D eigenvalue weighted by Gasteiger charge is 2.30. The summed E-state index contributed by atoms with van der Waals surface area (Å²) in [5.41, 5.74) is 5.46. The first-order valence-corrected chi connectivity index (χ1v) is 9.05. The molecule has 0 aliphatic carbocycles. The normalized spacial score (nSPS) is 16.1. The lowest BCUT2D eigenvalue weighted by Gasteiger charge is -2.23. The van der Waals surface area contributed by atoms with Crippen molar-refractivity contribution in [3.63, 3.8) is 0 Å². The smallest absolute Gasteiger partial charge is 0.326 e. The number of carbonyl (C=O) groups is 5. The number of hydrogen-bond donors (Lipinski definition) is 7. The summed E-state index contributed by atoms with van der Waals surface area (Å²) < 4.78 is 0. The minimum absolute atomic E-state index is 0.0581. The quantitative estimate of drug-likeness (QED) is 0.183. The number of aliphatic carboxylic acids is 2. The van der Waals surface area contributed by atoms with Crippen LogP contribution in [0.3, 0.4) is 0 Å². The van der Waals surface area contributed by atoms with Gasteiger partial charge in [0.15, 0.2) is 0 Å². The van der Waals surface area contributed by atoms with Crippen LogP contribution in [-0.4, -0.2) is 75.3 Å². The zero-order chi connectivity index (χ0) is 22.9. The van der Waals surface area contributed by atoms with Gasteiger partial charge in [0.2, 0.25) is 17.7 Å². The van der Waals surface area contributed by atoms with E-state index in [1.807, 2.05) is 0 Å². The molecule has 0 radical (unpaired) electrons. The zero-order valence-electron chi connectivity index (χ0n) is 16.8. The molecule has 8 N–H and O–H groups in total. The molecule has 0 bridgehead atoms. The van der Waals surface area contributed by atoms with Crippen LogP contribution in [0.15, 0.2) is 0 Å². The van der Waals surface area contributed by atoms with E-state index in [-0.39, 0.29) is 12.3 Å². The second kappa shape index (κ2) is 12.0. The van der Waals surface area contributed by atoms with E-state index in [4.69, 9.17) is 10.8 Å². The van der Waals surface area contributed by atoms with Crippen molar-refractivity contribution in [2.45, 2.75) is 70.8 Å². The Labute approximate surface area is 168 Å². The topological polar surface area (TPSA) is 208 Å². The molecule has 0 aromatic carbocycles. The van der Waals surface area contributed by atoms with Gasteiger partial charge in [0.1, 0.15) is 24.2 Å². The molecule has 166 valence electrons. The van der Waals surface area contributed by atoms with Crippen molar-refractivity contribution in [2.75, 3.05) is 0 Å². The van der Waals surface area contributed by atoms with Crippen LogP contribution in [0.1, 0.15) is 40.5 Å². The predicted molar refractivity (Wildman–Crippen MR) is 100 cm³/mol. The second-order valence-corrected chi connectivity index (χ2v) is 7.18. The lowest BCUT2D eigenvalue weighted by molar-refractivity contribution is -0.144. The van der Waals surface area contributed by atoms with Crippen LogP contribution in [0.2, 0.25) is 0 Å². The Morgan fingerprint density at radius 2 is 1.34 bits per heavy atom. The third kappa shape index (κ3) is 9.85. The van der Waals surface area contributed by atoms with Gasteiger partial charge in [-0.25, -0.2) is 4.79 Å². The summed E-state index contributed by atoms with van der Waals surface area (Å²) in [4.78, 5) is 58.7. The molecule has 12 heteroatoms. The van der Waals surface area contributed by atoms with Gasteiger partial charge >= 0.3 is 11.9 Å². The average Bonchev–Trinajstić information content (AvgIpc) is 2.58. The number of rotatable bonds is 12. The summed E-state index contributed by atoms with van der Waals surface area (Å²) in [7, 11) is 0. The van der Waals surface area contributed by atoms with Gasteiger partial charge in [0.05, 0.1) is 12.5 Å². The Hall–Kier alpha value is -2.73. The first-order chi connectivity index (χ1) is 13.3. The molecule has 12 nitrogen and oxygen atoms in total. The van der Waals surface area contributed by atoms with Gasteiger partial charge < -0.3 is 37.0 Å². The molecule has 0 rings (SSSR count). The number of carboxylic acids is 2. The van der Waals surface area contributed by atoms with E-state index in [9.17, 15) is 34.2 Å². The summed E-state index contributed by atoms with van der Waals surface area (Å²) in [5, 5.41) is 34.1. The van der Waals surface area contributed by atoms with Crippen LogP contribution in [0, 0.1) is 5.92 Å². The van der Waals surface area contributed by atoms with Crippen molar-refractivity contribution in [2.24, 2.45) is 11.7 Å². The summed E-state index contributed by atoms with van der Waals surface area (Å²) >= 11 is 0. The first-order valence-electron chi connectivity index (χ1n) is 9.05. The van der Waals surface area contributed by atoms with Crippen molar-refractivity contribution in [3.05, 3.63) is 0 Å². The van der Waals surface area contributed by atoms with Crippen molar-refractivity contribution in [3.8, 4) is 0 Å². The number of carbonyl (C=O) groups excluding carboxylic acids is 3. The molecule has 0 heterocycles. The number of amides is 3. The molecule has 0 aliphatic heterocycles. The van der Waals surface area contributed by atoms with Crippen LogP contribution in [0.25, 0.3) is 0 Å². The van der Waals surface area contributed by atoms with Gasteiger partial charge in [0.25, 0.3) is 0 Å². The fourth-order valence-electron chi connectivity index (χ4n) is 2.24. The van der Waals surface area contributed by atoms with E-state index in [0.717, 1.165) is 0 Å². The van der Waals surface area contributed by atoms with Gasteiger partial charge in [-0.3, -0.25) is 19.2 Å². The summed E-state index contributed by atoms with van der Waals surface area (Å²) in [6.07, 6.45) is -1.84. The van der Waals surface area contributed by atoms with Gasteiger partial charge in [-0.1, -0.05) is 13.8 Å². The number of carboxylic acid groups (broad SMARTS) is 2. The van der Waals surface area contributed by atoms with Gasteiger partial charge in [-0.15, -0.1) is 0 Å². The molecule has 3 amide bonds. The van der Waals surface area contributed by atoms with E-state index in [1.54, 1.807) is 13.8 Å². The number of nitrogens with one attached hydrogen (secondary N) is 3. The lowest BCUT2D eigenvalue weighted by Crippen LogP contribution is -2.57. The molecule has 0 saturated heterocycles. The molecule has 5 unspecified atom stereocenters. The third-order valence-corrected chi connectivity index (χ3v) is 3.91. The van der Waals surface area contributed by atoms with E-state index in [2.05, 4.69) is 16.0 Å². The van der Waals surface area contributed by atoms with Crippen molar-refractivity contribution in [1.82, 2.24) is 16.0 Å². The molecular weight excluding hydrogens is 388 g/mol.